The first-order valence-corrected chi connectivity index (χ1v) is 10.0. The standard InChI is InChI=1S/C25H26S2.Cu/c1-14-10-16(3)22(17(4)11-14)20-8-7-9-21(24(20)25(26)27)23-18(5)12-15(2)13-19(23)6;/h7-13H,1-6H3,(H,26,27);/q;+1/p-1. The maximum absolute atomic E-state index is 5.58. The average molecular weight is 453 g/mol. The molecule has 3 heteroatoms. The van der Waals surface area contributed by atoms with E-state index in [1.54, 1.807) is 0 Å². The molecule has 0 bridgehead atoms. The van der Waals surface area contributed by atoms with E-state index >= 15 is 0 Å². The fourth-order valence-electron chi connectivity index (χ4n) is 4.40. The molecule has 0 spiro atoms. The molecule has 0 N–H and O–H groups in total. The van der Waals surface area contributed by atoms with Gasteiger partial charge in [0, 0.05) is 0 Å². The predicted molar refractivity (Wildman–Crippen MR) is 125 cm³/mol. The zero-order valence-corrected chi connectivity index (χ0v) is 19.7. The van der Waals surface area contributed by atoms with E-state index in [2.05, 4.69) is 84.0 Å². The molecule has 0 aliphatic carbocycles. The van der Waals surface area contributed by atoms with Gasteiger partial charge in [0.15, 0.2) is 0 Å². The number of aryl methyl sites for hydroxylation is 6. The molecule has 0 heterocycles. The third kappa shape index (κ3) is 4.23. The van der Waals surface area contributed by atoms with Crippen LogP contribution in [0.2, 0.25) is 0 Å². The second kappa shape index (κ2) is 8.88. The Bertz CT molecular complexity index is 942. The molecule has 0 saturated carbocycles. The van der Waals surface area contributed by atoms with Crippen LogP contribution in [0, 0.1) is 41.5 Å². The molecule has 0 fully saturated rings. The zero-order valence-electron chi connectivity index (χ0n) is 17.2. The monoisotopic (exact) mass is 452 g/mol. The summed E-state index contributed by atoms with van der Waals surface area (Å²) < 4.78 is 0.527. The Kier molecular flexibility index (Phi) is 7.22. The minimum absolute atomic E-state index is 0. The Labute approximate surface area is 190 Å². The molecular formula is C25H25CuS2. The molecular weight excluding hydrogens is 428 g/mol. The van der Waals surface area contributed by atoms with Crippen molar-refractivity contribution in [2.45, 2.75) is 41.5 Å². The summed E-state index contributed by atoms with van der Waals surface area (Å²) in [7, 11) is 0. The van der Waals surface area contributed by atoms with Crippen LogP contribution in [0.15, 0.2) is 42.5 Å². The number of thiocarbonyl (C=S) groups is 1. The summed E-state index contributed by atoms with van der Waals surface area (Å²) in [5.41, 5.74) is 13.4. The molecule has 3 aromatic rings. The summed E-state index contributed by atoms with van der Waals surface area (Å²) in [5.74, 6) is 0. The molecule has 28 heavy (non-hydrogen) atoms. The molecule has 0 radical (unpaired) electrons. The van der Waals surface area contributed by atoms with E-state index in [-0.39, 0.29) is 17.1 Å². The summed E-state index contributed by atoms with van der Waals surface area (Å²) in [6.07, 6.45) is 0. The minimum atomic E-state index is 0. The zero-order chi connectivity index (χ0) is 19.9. The first-order valence-electron chi connectivity index (χ1n) is 9.21. The van der Waals surface area contributed by atoms with Crippen LogP contribution in [-0.2, 0) is 29.7 Å². The van der Waals surface area contributed by atoms with Crippen molar-refractivity contribution in [1.29, 1.82) is 0 Å². The molecule has 0 aliphatic rings. The van der Waals surface area contributed by atoms with E-state index in [0.717, 1.165) is 16.7 Å². The van der Waals surface area contributed by atoms with Crippen molar-refractivity contribution < 1.29 is 17.1 Å². The molecule has 0 saturated heterocycles. The maximum atomic E-state index is 5.58. The normalized spacial score (nSPS) is 10.5. The van der Waals surface area contributed by atoms with Crippen molar-refractivity contribution in [3.05, 3.63) is 81.4 Å². The molecule has 3 aromatic carbocycles. The van der Waals surface area contributed by atoms with Crippen LogP contribution in [0.4, 0.5) is 0 Å². The van der Waals surface area contributed by atoms with Gasteiger partial charge >= 0.3 is 17.1 Å². The maximum Gasteiger partial charge on any atom is 1.00 e. The van der Waals surface area contributed by atoms with Gasteiger partial charge in [-0.2, -0.15) is 0 Å². The number of hydrogen-bond donors (Lipinski definition) is 0. The largest absolute Gasteiger partial charge is 1.00 e. The Morgan fingerprint density at radius 1 is 0.679 bits per heavy atom. The van der Waals surface area contributed by atoms with Crippen molar-refractivity contribution >= 4 is 29.0 Å². The van der Waals surface area contributed by atoms with Gasteiger partial charge in [-0.25, -0.2) is 0 Å². The number of rotatable bonds is 3. The van der Waals surface area contributed by atoms with E-state index in [4.69, 9.17) is 24.8 Å². The fraction of sp³-hybridized carbons (Fsp3) is 0.240. The first kappa shape index (κ1) is 22.8. The van der Waals surface area contributed by atoms with Crippen LogP contribution in [0.25, 0.3) is 22.3 Å². The first-order chi connectivity index (χ1) is 12.7. The molecule has 0 unspecified atom stereocenters. The van der Waals surface area contributed by atoms with Crippen LogP contribution in [0.5, 0.6) is 0 Å². The Balaban J connectivity index is 0.00000280. The van der Waals surface area contributed by atoms with Crippen LogP contribution < -0.4 is 0 Å². The van der Waals surface area contributed by atoms with Gasteiger partial charge in [0.1, 0.15) is 0 Å². The van der Waals surface area contributed by atoms with Gasteiger partial charge in [0.05, 0.1) is 0 Å². The van der Waals surface area contributed by atoms with Gasteiger partial charge in [-0.1, -0.05) is 53.6 Å². The van der Waals surface area contributed by atoms with Gasteiger partial charge in [0.2, 0.25) is 0 Å². The van der Waals surface area contributed by atoms with Crippen molar-refractivity contribution in [1.82, 2.24) is 0 Å². The average Bonchev–Trinajstić information content (AvgIpc) is 2.52. The Morgan fingerprint density at radius 2 is 1.00 bits per heavy atom. The predicted octanol–water partition coefficient (Wildman–Crippen LogP) is 7.09. The van der Waals surface area contributed by atoms with Crippen LogP contribution in [0.1, 0.15) is 38.9 Å². The molecule has 0 nitrogen and oxygen atoms in total. The van der Waals surface area contributed by atoms with Gasteiger partial charge in [0.25, 0.3) is 0 Å². The molecule has 3 rings (SSSR count). The summed E-state index contributed by atoms with van der Waals surface area (Å²) in [4.78, 5) is 0. The van der Waals surface area contributed by atoms with E-state index in [9.17, 15) is 0 Å². The molecule has 0 atom stereocenters. The third-order valence-corrected chi connectivity index (χ3v) is 5.57. The van der Waals surface area contributed by atoms with Crippen molar-refractivity contribution in [3.63, 3.8) is 0 Å². The van der Waals surface area contributed by atoms with Gasteiger partial charge in [-0.05, 0) is 91.6 Å². The van der Waals surface area contributed by atoms with Crippen LogP contribution >= 0.6 is 12.2 Å². The summed E-state index contributed by atoms with van der Waals surface area (Å²) >= 11 is 11.2. The minimum Gasteiger partial charge on any atom is -0.428 e. The van der Waals surface area contributed by atoms with Crippen molar-refractivity contribution in [2.75, 3.05) is 0 Å². The fourth-order valence-corrected chi connectivity index (χ4v) is 4.84. The van der Waals surface area contributed by atoms with E-state index in [0.29, 0.717) is 4.20 Å². The van der Waals surface area contributed by atoms with Gasteiger partial charge in [-0.3, -0.25) is 0 Å². The van der Waals surface area contributed by atoms with Crippen LogP contribution in [0.3, 0.4) is 0 Å². The number of hydrogen-bond acceptors (Lipinski definition) is 2. The third-order valence-electron chi connectivity index (χ3n) is 5.16. The van der Waals surface area contributed by atoms with Crippen molar-refractivity contribution in [2.24, 2.45) is 0 Å². The SMILES string of the molecule is Cc1cc(C)c(-c2cccc(-c3c(C)cc(C)cc3C)c2C(=S)[S-])c(C)c1.[Cu+]. The second-order valence-electron chi connectivity index (χ2n) is 7.56. The molecule has 0 aliphatic heterocycles. The van der Waals surface area contributed by atoms with Crippen molar-refractivity contribution in [3.8, 4) is 22.3 Å². The van der Waals surface area contributed by atoms with Crippen LogP contribution in [-0.4, -0.2) is 4.20 Å². The Morgan fingerprint density at radius 3 is 1.29 bits per heavy atom. The second-order valence-corrected chi connectivity index (χ2v) is 8.64. The van der Waals surface area contributed by atoms with Gasteiger partial charge < -0.3 is 24.8 Å². The smallest absolute Gasteiger partial charge is 0.428 e. The molecule has 148 valence electrons. The van der Waals surface area contributed by atoms with E-state index in [1.165, 1.54) is 44.5 Å². The molecule has 0 amide bonds. The van der Waals surface area contributed by atoms with E-state index in [1.807, 2.05) is 0 Å². The summed E-state index contributed by atoms with van der Waals surface area (Å²) in [5, 5.41) is 0. The summed E-state index contributed by atoms with van der Waals surface area (Å²) in [6.45, 7) is 12.9. The Hall–Kier alpha value is -1.51. The quantitative estimate of drug-likeness (QED) is 0.236. The van der Waals surface area contributed by atoms with E-state index < -0.39 is 0 Å². The topological polar surface area (TPSA) is 0 Å². The van der Waals surface area contributed by atoms with Gasteiger partial charge in [-0.15, -0.1) is 4.20 Å². The summed E-state index contributed by atoms with van der Waals surface area (Å²) in [6, 6.07) is 15.4. The molecule has 0 aromatic heterocycles. The number of benzene rings is 3.